The number of benzene rings is 1. The standard InChI is InChI=1S/C12H18N2O6S/c1-8(2)10(15)7-13-21(18,19)12-6-9(14(16)17)4-5-11(12)20-3/h4-6,8,10,13,15H,7H2,1-3H3. The van der Waals surface area contributed by atoms with E-state index in [1.165, 1.54) is 13.2 Å². The fourth-order valence-corrected chi connectivity index (χ4v) is 2.74. The minimum atomic E-state index is -4.03. The van der Waals surface area contributed by atoms with Crippen molar-refractivity contribution in [1.29, 1.82) is 0 Å². The summed E-state index contributed by atoms with van der Waals surface area (Å²) in [5.41, 5.74) is -0.361. The third-order valence-corrected chi connectivity index (χ3v) is 4.34. The van der Waals surface area contributed by atoms with Gasteiger partial charge in [0.1, 0.15) is 10.6 Å². The first kappa shape index (κ1) is 17.3. The van der Waals surface area contributed by atoms with Gasteiger partial charge in [-0.1, -0.05) is 13.8 Å². The second kappa shape index (κ2) is 6.83. The molecule has 0 aliphatic carbocycles. The Morgan fingerprint density at radius 2 is 2.05 bits per heavy atom. The Kier molecular flexibility index (Phi) is 5.64. The van der Waals surface area contributed by atoms with Crippen LogP contribution < -0.4 is 9.46 Å². The van der Waals surface area contributed by atoms with Crippen LogP contribution in [0.5, 0.6) is 5.75 Å². The Morgan fingerprint density at radius 1 is 1.43 bits per heavy atom. The number of sulfonamides is 1. The van der Waals surface area contributed by atoms with E-state index in [1.807, 2.05) is 0 Å². The number of methoxy groups -OCH3 is 1. The van der Waals surface area contributed by atoms with Gasteiger partial charge in [0, 0.05) is 18.7 Å². The SMILES string of the molecule is COc1ccc([N+](=O)[O-])cc1S(=O)(=O)NCC(O)C(C)C. The highest BCUT2D eigenvalue weighted by atomic mass is 32.2. The van der Waals surface area contributed by atoms with Crippen LogP contribution in [0.1, 0.15) is 13.8 Å². The van der Waals surface area contributed by atoms with Gasteiger partial charge in [0.15, 0.2) is 0 Å². The summed E-state index contributed by atoms with van der Waals surface area (Å²) in [6.07, 6.45) is -0.857. The summed E-state index contributed by atoms with van der Waals surface area (Å²) in [5.74, 6) is -0.133. The van der Waals surface area contributed by atoms with Crippen molar-refractivity contribution in [1.82, 2.24) is 4.72 Å². The summed E-state index contributed by atoms with van der Waals surface area (Å²) in [4.78, 5) is 9.71. The number of nitrogens with one attached hydrogen (secondary N) is 1. The monoisotopic (exact) mass is 318 g/mol. The minimum Gasteiger partial charge on any atom is -0.495 e. The van der Waals surface area contributed by atoms with Gasteiger partial charge in [0.25, 0.3) is 5.69 Å². The number of hydrogen-bond donors (Lipinski definition) is 2. The number of non-ortho nitro benzene ring substituents is 1. The van der Waals surface area contributed by atoms with Crippen LogP contribution in [0.2, 0.25) is 0 Å². The number of rotatable bonds is 7. The lowest BCUT2D eigenvalue weighted by atomic mass is 10.1. The van der Waals surface area contributed by atoms with Gasteiger partial charge < -0.3 is 9.84 Å². The van der Waals surface area contributed by atoms with Crippen LogP contribution >= 0.6 is 0 Å². The van der Waals surface area contributed by atoms with Crippen molar-refractivity contribution in [2.24, 2.45) is 5.92 Å². The van der Waals surface area contributed by atoms with E-state index in [1.54, 1.807) is 13.8 Å². The number of nitro benzene ring substituents is 1. The highest BCUT2D eigenvalue weighted by Gasteiger charge is 2.24. The molecular formula is C12H18N2O6S. The van der Waals surface area contributed by atoms with Crippen LogP contribution in [0, 0.1) is 16.0 Å². The number of ether oxygens (including phenoxy) is 1. The topological polar surface area (TPSA) is 119 Å². The van der Waals surface area contributed by atoms with Gasteiger partial charge in [-0.25, -0.2) is 13.1 Å². The van der Waals surface area contributed by atoms with E-state index in [2.05, 4.69) is 4.72 Å². The van der Waals surface area contributed by atoms with Gasteiger partial charge in [-0.15, -0.1) is 0 Å². The molecule has 21 heavy (non-hydrogen) atoms. The van der Waals surface area contributed by atoms with Gasteiger partial charge in [-0.2, -0.15) is 0 Å². The molecule has 0 fully saturated rings. The Hall–Kier alpha value is -1.71. The van der Waals surface area contributed by atoms with Crippen molar-refractivity contribution in [2.45, 2.75) is 24.8 Å². The van der Waals surface area contributed by atoms with Gasteiger partial charge in [0.2, 0.25) is 10.0 Å². The Morgan fingerprint density at radius 3 is 2.52 bits per heavy atom. The number of hydrogen-bond acceptors (Lipinski definition) is 6. The van der Waals surface area contributed by atoms with Gasteiger partial charge >= 0.3 is 0 Å². The number of aliphatic hydroxyl groups is 1. The van der Waals surface area contributed by atoms with Crippen molar-refractivity contribution < 1.29 is 23.2 Å². The molecule has 1 unspecified atom stereocenters. The van der Waals surface area contributed by atoms with E-state index in [9.17, 15) is 23.6 Å². The number of aliphatic hydroxyl groups excluding tert-OH is 1. The van der Waals surface area contributed by atoms with E-state index >= 15 is 0 Å². The molecule has 0 amide bonds. The van der Waals surface area contributed by atoms with E-state index < -0.39 is 21.1 Å². The second-order valence-electron chi connectivity index (χ2n) is 4.76. The highest BCUT2D eigenvalue weighted by molar-refractivity contribution is 7.89. The van der Waals surface area contributed by atoms with Crippen LogP contribution in [0.15, 0.2) is 23.1 Å². The molecule has 0 aromatic heterocycles. The number of nitrogens with zero attached hydrogens (tertiary/aromatic N) is 1. The first-order valence-corrected chi connectivity index (χ1v) is 7.67. The smallest absolute Gasteiger partial charge is 0.271 e. The summed E-state index contributed by atoms with van der Waals surface area (Å²) in [7, 11) is -2.76. The predicted molar refractivity (Wildman–Crippen MR) is 75.7 cm³/mol. The van der Waals surface area contributed by atoms with Crippen LogP contribution in [0.4, 0.5) is 5.69 Å². The van der Waals surface area contributed by atoms with Gasteiger partial charge in [-0.3, -0.25) is 10.1 Å². The molecule has 0 saturated heterocycles. The molecule has 0 aliphatic heterocycles. The normalized spacial score (nSPS) is 13.2. The fourth-order valence-electron chi connectivity index (χ4n) is 1.50. The molecule has 0 aliphatic rings. The molecule has 118 valence electrons. The molecule has 0 spiro atoms. The zero-order valence-electron chi connectivity index (χ0n) is 11.9. The maximum Gasteiger partial charge on any atom is 0.271 e. The van der Waals surface area contributed by atoms with Crippen molar-refractivity contribution in [2.75, 3.05) is 13.7 Å². The zero-order chi connectivity index (χ0) is 16.2. The average molecular weight is 318 g/mol. The molecule has 1 aromatic rings. The van der Waals surface area contributed by atoms with Crippen LogP contribution in [-0.2, 0) is 10.0 Å². The number of nitro groups is 1. The van der Waals surface area contributed by atoms with Crippen LogP contribution in [0.3, 0.4) is 0 Å². The molecule has 0 bridgehead atoms. The maximum atomic E-state index is 12.2. The molecule has 9 heteroatoms. The summed E-state index contributed by atoms with van der Waals surface area (Å²) < 4.78 is 31.5. The average Bonchev–Trinajstić information content (AvgIpc) is 2.43. The minimum absolute atomic E-state index is 0.00728. The lowest BCUT2D eigenvalue weighted by molar-refractivity contribution is -0.385. The van der Waals surface area contributed by atoms with E-state index in [0.717, 1.165) is 12.1 Å². The van der Waals surface area contributed by atoms with Crippen LogP contribution in [0.25, 0.3) is 0 Å². The molecule has 8 nitrogen and oxygen atoms in total. The molecule has 1 rings (SSSR count). The van der Waals surface area contributed by atoms with Crippen molar-refractivity contribution in [3.63, 3.8) is 0 Å². The van der Waals surface area contributed by atoms with E-state index in [0.29, 0.717) is 0 Å². The molecule has 1 aromatic carbocycles. The summed E-state index contributed by atoms with van der Waals surface area (Å²) in [6.45, 7) is 3.30. The van der Waals surface area contributed by atoms with Crippen molar-refractivity contribution in [3.8, 4) is 5.75 Å². The first-order valence-electron chi connectivity index (χ1n) is 6.19. The van der Waals surface area contributed by atoms with Gasteiger partial charge in [-0.05, 0) is 12.0 Å². The van der Waals surface area contributed by atoms with Crippen LogP contribution in [-0.4, -0.2) is 38.2 Å². The largest absolute Gasteiger partial charge is 0.495 e. The second-order valence-corrected chi connectivity index (χ2v) is 6.49. The molecule has 0 saturated carbocycles. The molecule has 2 N–H and O–H groups in total. The van der Waals surface area contributed by atoms with Crippen molar-refractivity contribution >= 4 is 15.7 Å². The predicted octanol–water partition coefficient (Wildman–Crippen LogP) is 0.899. The molecule has 0 radical (unpaired) electrons. The Bertz CT molecular complexity index is 614. The lowest BCUT2D eigenvalue weighted by Crippen LogP contribution is -2.34. The Balaban J connectivity index is 3.11. The molecular weight excluding hydrogens is 300 g/mol. The van der Waals surface area contributed by atoms with Crippen molar-refractivity contribution in [3.05, 3.63) is 28.3 Å². The zero-order valence-corrected chi connectivity index (χ0v) is 12.8. The highest BCUT2D eigenvalue weighted by Crippen LogP contribution is 2.27. The van der Waals surface area contributed by atoms with Gasteiger partial charge in [0.05, 0.1) is 18.1 Å². The molecule has 0 heterocycles. The first-order chi connectivity index (χ1) is 9.69. The Labute approximate surface area is 122 Å². The quantitative estimate of drug-likeness (QED) is 0.569. The fraction of sp³-hybridized carbons (Fsp3) is 0.500. The third-order valence-electron chi connectivity index (χ3n) is 2.90. The van der Waals surface area contributed by atoms with E-state index in [4.69, 9.17) is 4.74 Å². The summed E-state index contributed by atoms with van der Waals surface area (Å²) in [5, 5.41) is 20.4. The third kappa shape index (κ3) is 4.38. The maximum absolute atomic E-state index is 12.2. The molecule has 1 atom stereocenters. The summed E-state index contributed by atoms with van der Waals surface area (Å²) >= 11 is 0. The van der Waals surface area contributed by atoms with E-state index in [-0.39, 0.29) is 28.8 Å². The lowest BCUT2D eigenvalue weighted by Gasteiger charge is -2.16. The summed E-state index contributed by atoms with van der Waals surface area (Å²) in [6, 6.07) is 3.29.